The molecular formula is C27H19BrF3N3O7S. The third-order valence-corrected chi connectivity index (χ3v) is 7.14. The van der Waals surface area contributed by atoms with E-state index >= 15 is 0 Å². The molecule has 1 heterocycles. The van der Waals surface area contributed by atoms with E-state index in [1.165, 1.54) is 18.2 Å². The van der Waals surface area contributed by atoms with E-state index < -0.39 is 51.7 Å². The number of non-ortho nitro benzene ring substituents is 1. The maximum atomic E-state index is 13.9. The fourth-order valence-corrected chi connectivity index (χ4v) is 5.10. The first-order valence-corrected chi connectivity index (χ1v) is 13.6. The second kappa shape index (κ2) is 13.1. The van der Waals surface area contributed by atoms with Gasteiger partial charge in [-0.2, -0.15) is 0 Å². The number of anilines is 1. The SMILES string of the molecule is CCOc1cc(/C=C2/SC(=O)N(CC(=O)Nc3ccc(F)c(F)c3F)C2=O)cc(Br)c1OCc1ccc([N+](=O)[O-])cc1. The van der Waals surface area contributed by atoms with Crippen molar-refractivity contribution in [1.82, 2.24) is 4.90 Å². The summed E-state index contributed by atoms with van der Waals surface area (Å²) >= 11 is 3.99. The van der Waals surface area contributed by atoms with Crippen LogP contribution in [0.5, 0.6) is 11.5 Å². The highest BCUT2D eigenvalue weighted by atomic mass is 79.9. The number of carbonyl (C=O) groups is 3. The van der Waals surface area contributed by atoms with Crippen molar-refractivity contribution in [3.8, 4) is 11.5 Å². The van der Waals surface area contributed by atoms with Crippen molar-refractivity contribution in [2.45, 2.75) is 13.5 Å². The van der Waals surface area contributed by atoms with Gasteiger partial charge in [-0.25, -0.2) is 13.2 Å². The van der Waals surface area contributed by atoms with Crippen LogP contribution in [0.4, 0.5) is 29.3 Å². The molecule has 1 aliphatic heterocycles. The Kier molecular flexibility index (Phi) is 9.52. The van der Waals surface area contributed by atoms with E-state index in [9.17, 15) is 37.7 Å². The van der Waals surface area contributed by atoms with E-state index in [0.29, 0.717) is 49.8 Å². The van der Waals surface area contributed by atoms with Gasteiger partial charge in [0.05, 0.1) is 26.6 Å². The number of halogens is 4. The van der Waals surface area contributed by atoms with Crippen molar-refractivity contribution in [3.05, 3.63) is 96.6 Å². The number of amides is 3. The summed E-state index contributed by atoms with van der Waals surface area (Å²) in [6.45, 7) is 1.31. The molecule has 10 nitrogen and oxygen atoms in total. The number of nitrogens with one attached hydrogen (secondary N) is 1. The molecule has 3 amide bonds. The molecule has 1 fully saturated rings. The molecule has 1 saturated heterocycles. The van der Waals surface area contributed by atoms with E-state index in [-0.39, 0.29) is 23.8 Å². The summed E-state index contributed by atoms with van der Waals surface area (Å²) in [5.74, 6) is -5.98. The Morgan fingerprint density at radius 3 is 2.48 bits per heavy atom. The number of rotatable bonds is 10. The molecule has 0 aromatic heterocycles. The first kappa shape index (κ1) is 30.6. The van der Waals surface area contributed by atoms with E-state index in [2.05, 4.69) is 15.9 Å². The zero-order valence-corrected chi connectivity index (χ0v) is 23.9. The average Bonchev–Trinajstić information content (AvgIpc) is 3.20. The fraction of sp³-hybridized carbons (Fsp3) is 0.148. The van der Waals surface area contributed by atoms with Crippen LogP contribution in [0.3, 0.4) is 0 Å². The van der Waals surface area contributed by atoms with E-state index in [1.54, 1.807) is 31.2 Å². The Balaban J connectivity index is 1.48. The van der Waals surface area contributed by atoms with Crippen molar-refractivity contribution >= 4 is 62.2 Å². The highest BCUT2D eigenvalue weighted by molar-refractivity contribution is 9.10. The molecule has 0 bridgehead atoms. The average molecular weight is 666 g/mol. The number of imide groups is 1. The smallest absolute Gasteiger partial charge is 0.294 e. The molecule has 1 aliphatic rings. The zero-order valence-electron chi connectivity index (χ0n) is 21.5. The zero-order chi connectivity index (χ0) is 30.6. The van der Waals surface area contributed by atoms with Gasteiger partial charge in [0.25, 0.3) is 16.8 Å². The molecule has 218 valence electrons. The minimum absolute atomic E-state index is 0.0132. The number of thioether (sulfide) groups is 1. The summed E-state index contributed by atoms with van der Waals surface area (Å²) in [4.78, 5) is 48.7. The summed E-state index contributed by atoms with van der Waals surface area (Å²) in [6, 6.07) is 10.5. The van der Waals surface area contributed by atoms with Gasteiger partial charge in [-0.05, 0) is 88.2 Å². The maximum absolute atomic E-state index is 13.9. The van der Waals surface area contributed by atoms with Gasteiger partial charge < -0.3 is 14.8 Å². The standard InChI is InChI=1S/C27H19BrF3N3O7S/c1-2-40-20-10-15(9-17(28)25(20)41-13-14-3-5-16(6-4-14)34(38)39)11-21-26(36)33(27(37)42-21)12-22(35)32-19-8-7-18(29)23(30)24(19)31/h3-11H,2,12-13H2,1H3,(H,32,35)/b21-11+. The van der Waals surface area contributed by atoms with Gasteiger partial charge in [-0.1, -0.05) is 0 Å². The van der Waals surface area contributed by atoms with Crippen LogP contribution in [0.15, 0.2) is 57.9 Å². The van der Waals surface area contributed by atoms with Crippen LogP contribution in [0.1, 0.15) is 18.1 Å². The van der Waals surface area contributed by atoms with E-state index in [4.69, 9.17) is 9.47 Å². The summed E-state index contributed by atoms with van der Waals surface area (Å²) in [6.07, 6.45) is 1.41. The van der Waals surface area contributed by atoms with Gasteiger partial charge >= 0.3 is 0 Å². The van der Waals surface area contributed by atoms with Crippen molar-refractivity contribution in [3.63, 3.8) is 0 Å². The molecule has 0 spiro atoms. The fourth-order valence-electron chi connectivity index (χ4n) is 3.69. The molecular weight excluding hydrogens is 647 g/mol. The summed E-state index contributed by atoms with van der Waals surface area (Å²) in [7, 11) is 0. The lowest BCUT2D eigenvalue weighted by Gasteiger charge is -2.15. The van der Waals surface area contributed by atoms with Gasteiger partial charge in [-0.15, -0.1) is 0 Å². The molecule has 42 heavy (non-hydrogen) atoms. The monoisotopic (exact) mass is 665 g/mol. The predicted molar refractivity (Wildman–Crippen MR) is 150 cm³/mol. The highest BCUT2D eigenvalue weighted by Gasteiger charge is 2.36. The number of nitro benzene ring substituents is 1. The van der Waals surface area contributed by atoms with Crippen molar-refractivity contribution in [1.29, 1.82) is 0 Å². The molecule has 0 aliphatic carbocycles. The van der Waals surface area contributed by atoms with Crippen LogP contribution in [-0.2, 0) is 16.2 Å². The van der Waals surface area contributed by atoms with Gasteiger partial charge in [-0.3, -0.25) is 29.4 Å². The minimum Gasteiger partial charge on any atom is -0.490 e. The third-order valence-electron chi connectivity index (χ3n) is 5.64. The van der Waals surface area contributed by atoms with Crippen LogP contribution in [0.2, 0.25) is 0 Å². The number of hydrogen-bond donors (Lipinski definition) is 1. The predicted octanol–water partition coefficient (Wildman–Crippen LogP) is 6.43. The quantitative estimate of drug-likeness (QED) is 0.114. The number of ether oxygens (including phenoxy) is 2. The number of nitro groups is 1. The molecule has 0 saturated carbocycles. The molecule has 1 N–H and O–H groups in total. The summed E-state index contributed by atoms with van der Waals surface area (Å²) in [5.41, 5.74) is 0.419. The first-order chi connectivity index (χ1) is 20.0. The minimum atomic E-state index is -1.78. The lowest BCUT2D eigenvalue weighted by Crippen LogP contribution is -2.36. The third kappa shape index (κ3) is 6.91. The van der Waals surface area contributed by atoms with Crippen molar-refractivity contribution < 1.29 is 42.0 Å². The Bertz CT molecular complexity index is 1620. The van der Waals surface area contributed by atoms with Crippen LogP contribution in [0.25, 0.3) is 6.08 Å². The van der Waals surface area contributed by atoms with Gasteiger partial charge in [0.2, 0.25) is 5.91 Å². The Hall–Kier alpha value is -4.37. The number of nitrogens with zero attached hydrogens (tertiary/aromatic N) is 2. The molecule has 4 rings (SSSR count). The Labute approximate surface area is 248 Å². The number of hydrogen-bond acceptors (Lipinski definition) is 8. The molecule has 0 atom stereocenters. The molecule has 15 heteroatoms. The summed E-state index contributed by atoms with van der Waals surface area (Å²) in [5, 5.41) is 12.1. The van der Waals surface area contributed by atoms with Crippen LogP contribution < -0.4 is 14.8 Å². The van der Waals surface area contributed by atoms with Crippen LogP contribution in [-0.4, -0.2) is 40.0 Å². The Morgan fingerprint density at radius 2 is 1.81 bits per heavy atom. The number of benzene rings is 3. The Morgan fingerprint density at radius 1 is 1.10 bits per heavy atom. The van der Waals surface area contributed by atoms with Crippen molar-refractivity contribution in [2.75, 3.05) is 18.5 Å². The van der Waals surface area contributed by atoms with Gasteiger partial charge in [0, 0.05) is 12.1 Å². The van der Waals surface area contributed by atoms with Gasteiger partial charge in [0.1, 0.15) is 13.2 Å². The lowest BCUT2D eigenvalue weighted by atomic mass is 10.1. The first-order valence-electron chi connectivity index (χ1n) is 12.0. The highest BCUT2D eigenvalue weighted by Crippen LogP contribution is 2.40. The maximum Gasteiger partial charge on any atom is 0.294 e. The van der Waals surface area contributed by atoms with Gasteiger partial charge in [0.15, 0.2) is 29.0 Å². The van der Waals surface area contributed by atoms with E-state index in [1.807, 2.05) is 5.32 Å². The second-order valence-electron chi connectivity index (χ2n) is 8.51. The van der Waals surface area contributed by atoms with Crippen LogP contribution >= 0.6 is 27.7 Å². The van der Waals surface area contributed by atoms with Crippen LogP contribution in [0, 0.1) is 27.6 Å². The second-order valence-corrected chi connectivity index (χ2v) is 10.4. The van der Waals surface area contributed by atoms with E-state index in [0.717, 1.165) is 6.07 Å². The molecule has 0 unspecified atom stereocenters. The largest absolute Gasteiger partial charge is 0.490 e. The lowest BCUT2D eigenvalue weighted by molar-refractivity contribution is -0.384. The number of carbonyl (C=O) groups excluding carboxylic acids is 3. The van der Waals surface area contributed by atoms with Crippen molar-refractivity contribution in [2.24, 2.45) is 0 Å². The topological polar surface area (TPSA) is 128 Å². The molecule has 0 radical (unpaired) electrons. The summed E-state index contributed by atoms with van der Waals surface area (Å²) < 4.78 is 52.5. The molecule has 3 aromatic rings. The normalized spacial score (nSPS) is 13.9. The molecule has 3 aromatic carbocycles.